The minimum atomic E-state index is -1.54. The molecule has 25 heavy (non-hydrogen) atoms. The predicted molar refractivity (Wildman–Crippen MR) is 100 cm³/mol. The summed E-state index contributed by atoms with van der Waals surface area (Å²) in [6.45, 7) is 0. The number of aliphatic imine (C=N–C) groups is 1. The van der Waals surface area contributed by atoms with E-state index in [2.05, 4.69) is 15.3 Å². The van der Waals surface area contributed by atoms with Crippen LogP contribution in [0.25, 0.3) is 0 Å². The van der Waals surface area contributed by atoms with Crippen molar-refractivity contribution in [1.29, 1.82) is 0 Å². The van der Waals surface area contributed by atoms with E-state index in [4.69, 9.17) is 10.9 Å². The summed E-state index contributed by atoms with van der Waals surface area (Å²) in [6.07, 6.45) is 6.15. The minimum Gasteiger partial charge on any atom is -0.383 e. The Labute approximate surface area is 148 Å². The molecule has 1 atom stereocenters. The fourth-order valence-corrected chi connectivity index (χ4v) is 3.40. The van der Waals surface area contributed by atoms with Crippen LogP contribution in [0.3, 0.4) is 0 Å². The van der Waals surface area contributed by atoms with Gasteiger partial charge in [0.1, 0.15) is 22.4 Å². The number of pyridine rings is 1. The molecule has 0 bridgehead atoms. The van der Waals surface area contributed by atoms with Crippen LogP contribution in [-0.4, -0.2) is 21.1 Å². The average molecular weight is 359 g/mol. The van der Waals surface area contributed by atoms with Crippen molar-refractivity contribution >= 4 is 28.2 Å². The van der Waals surface area contributed by atoms with Crippen molar-refractivity contribution in [2.24, 2.45) is 15.9 Å². The van der Waals surface area contributed by atoms with Crippen LogP contribution in [0, 0.1) is 0 Å². The standard InChI is InChI=1S/C17H21N5O2S/c18-16(22-12-5-7-13(8-6-12)25(19)24)15-14(9-10-20-17(15)23)21-11-3-1-2-4-11/h5-11H,1-4,19H2,(H2,18,22)(H2,20,21,23). The quantitative estimate of drug-likeness (QED) is 0.479. The summed E-state index contributed by atoms with van der Waals surface area (Å²) in [5.74, 6) is 0.129. The molecule has 1 fully saturated rings. The highest BCUT2D eigenvalue weighted by Crippen LogP contribution is 2.23. The molecule has 0 spiro atoms. The Bertz CT molecular complexity index is 854. The number of nitrogens with two attached hydrogens (primary N) is 2. The normalized spacial score (nSPS) is 16.8. The largest absolute Gasteiger partial charge is 0.383 e. The number of rotatable bonds is 5. The molecule has 6 N–H and O–H groups in total. The lowest BCUT2D eigenvalue weighted by Gasteiger charge is -2.16. The maximum absolute atomic E-state index is 12.3. The highest BCUT2D eigenvalue weighted by Gasteiger charge is 2.18. The van der Waals surface area contributed by atoms with Crippen molar-refractivity contribution in [3.8, 4) is 0 Å². The molecule has 2 aromatic rings. The first-order valence-corrected chi connectivity index (χ1v) is 9.35. The van der Waals surface area contributed by atoms with Crippen LogP contribution in [0.2, 0.25) is 0 Å². The van der Waals surface area contributed by atoms with Crippen molar-refractivity contribution < 1.29 is 4.21 Å². The SMILES string of the molecule is NC(=Nc1ccc(S(N)=O)cc1)c1c(NC2CCCC2)cc[nH]c1=O. The summed E-state index contributed by atoms with van der Waals surface area (Å²) in [4.78, 5) is 19.7. The maximum atomic E-state index is 12.3. The third kappa shape index (κ3) is 4.15. The van der Waals surface area contributed by atoms with Gasteiger partial charge in [-0.15, -0.1) is 0 Å². The van der Waals surface area contributed by atoms with Crippen LogP contribution in [-0.2, 0) is 11.0 Å². The number of benzene rings is 1. The van der Waals surface area contributed by atoms with Gasteiger partial charge < -0.3 is 16.0 Å². The van der Waals surface area contributed by atoms with Gasteiger partial charge in [0.05, 0.1) is 16.3 Å². The van der Waals surface area contributed by atoms with Gasteiger partial charge in [0.2, 0.25) is 0 Å². The number of hydrogen-bond acceptors (Lipinski definition) is 4. The Hall–Kier alpha value is -2.45. The monoisotopic (exact) mass is 359 g/mol. The van der Waals surface area contributed by atoms with Gasteiger partial charge in [-0.2, -0.15) is 0 Å². The number of amidine groups is 1. The van der Waals surface area contributed by atoms with Gasteiger partial charge in [-0.25, -0.2) is 14.3 Å². The van der Waals surface area contributed by atoms with Crippen molar-refractivity contribution in [2.45, 2.75) is 36.6 Å². The molecule has 0 aliphatic heterocycles. The van der Waals surface area contributed by atoms with Crippen molar-refractivity contribution in [1.82, 2.24) is 4.98 Å². The number of aromatic amines is 1. The molecule has 1 heterocycles. The molecule has 0 amide bonds. The fraction of sp³-hybridized carbons (Fsp3) is 0.294. The van der Waals surface area contributed by atoms with E-state index >= 15 is 0 Å². The van der Waals surface area contributed by atoms with E-state index in [1.807, 2.05) is 0 Å². The van der Waals surface area contributed by atoms with E-state index < -0.39 is 11.0 Å². The molecule has 1 aliphatic carbocycles. The van der Waals surface area contributed by atoms with E-state index in [0.717, 1.165) is 12.8 Å². The first-order chi connectivity index (χ1) is 12.0. The third-order valence-electron chi connectivity index (χ3n) is 4.25. The van der Waals surface area contributed by atoms with Crippen LogP contribution < -0.4 is 21.7 Å². The number of nitrogens with one attached hydrogen (secondary N) is 2. The second-order valence-corrected chi connectivity index (χ2v) is 7.08. The lowest BCUT2D eigenvalue weighted by Crippen LogP contribution is -2.28. The molecule has 8 heteroatoms. The van der Waals surface area contributed by atoms with Gasteiger partial charge >= 0.3 is 0 Å². The van der Waals surface area contributed by atoms with Crippen molar-refractivity contribution in [2.75, 3.05) is 5.32 Å². The zero-order chi connectivity index (χ0) is 17.8. The Morgan fingerprint density at radius 1 is 1.20 bits per heavy atom. The smallest absolute Gasteiger partial charge is 0.261 e. The highest BCUT2D eigenvalue weighted by molar-refractivity contribution is 7.82. The van der Waals surface area contributed by atoms with E-state index in [1.54, 1.807) is 36.5 Å². The summed E-state index contributed by atoms with van der Waals surface area (Å²) in [5.41, 5.74) is 7.40. The highest BCUT2D eigenvalue weighted by atomic mass is 32.2. The van der Waals surface area contributed by atoms with E-state index in [1.165, 1.54) is 12.8 Å². The van der Waals surface area contributed by atoms with E-state index in [0.29, 0.717) is 27.9 Å². The van der Waals surface area contributed by atoms with Gasteiger partial charge in [0.15, 0.2) is 0 Å². The molecule has 1 unspecified atom stereocenters. The molecule has 0 radical (unpaired) electrons. The van der Waals surface area contributed by atoms with Gasteiger partial charge in [0.25, 0.3) is 5.56 Å². The van der Waals surface area contributed by atoms with Crippen LogP contribution in [0.1, 0.15) is 31.2 Å². The topological polar surface area (TPSA) is 126 Å². The molecule has 1 aliphatic rings. The molecule has 7 nitrogen and oxygen atoms in total. The number of H-pyrrole nitrogens is 1. The molecule has 0 saturated heterocycles. The fourth-order valence-electron chi connectivity index (χ4n) is 2.99. The summed E-state index contributed by atoms with van der Waals surface area (Å²) in [6, 6.07) is 8.72. The number of nitrogens with zero attached hydrogens (tertiary/aromatic N) is 1. The second-order valence-electron chi connectivity index (χ2n) is 6.01. The zero-order valence-corrected chi connectivity index (χ0v) is 14.5. The average Bonchev–Trinajstić information content (AvgIpc) is 3.08. The summed E-state index contributed by atoms with van der Waals surface area (Å²) >= 11 is 0. The van der Waals surface area contributed by atoms with Crippen LogP contribution >= 0.6 is 0 Å². The zero-order valence-electron chi connectivity index (χ0n) is 13.7. The van der Waals surface area contributed by atoms with Crippen molar-refractivity contribution in [3.63, 3.8) is 0 Å². The lowest BCUT2D eigenvalue weighted by atomic mass is 10.1. The Morgan fingerprint density at radius 2 is 1.88 bits per heavy atom. The van der Waals surface area contributed by atoms with Gasteiger partial charge in [-0.05, 0) is 43.2 Å². The van der Waals surface area contributed by atoms with Crippen molar-refractivity contribution in [3.05, 3.63) is 52.4 Å². The first kappa shape index (κ1) is 17.4. The number of anilines is 1. The lowest BCUT2D eigenvalue weighted by molar-refractivity contribution is 0.684. The van der Waals surface area contributed by atoms with E-state index in [9.17, 15) is 9.00 Å². The van der Waals surface area contributed by atoms with E-state index in [-0.39, 0.29) is 11.4 Å². The van der Waals surface area contributed by atoms with Gasteiger partial charge in [-0.1, -0.05) is 12.8 Å². The summed E-state index contributed by atoms with van der Waals surface area (Å²) < 4.78 is 11.2. The number of aromatic nitrogens is 1. The summed E-state index contributed by atoms with van der Waals surface area (Å²) in [5, 5.41) is 8.74. The Balaban J connectivity index is 1.91. The molecule has 1 saturated carbocycles. The summed E-state index contributed by atoms with van der Waals surface area (Å²) in [7, 11) is -1.54. The molecule has 1 aromatic heterocycles. The molecule has 3 rings (SSSR count). The Kier molecular flexibility index (Phi) is 5.30. The second kappa shape index (κ2) is 7.62. The van der Waals surface area contributed by atoms with Crippen LogP contribution in [0.4, 0.5) is 11.4 Å². The predicted octanol–water partition coefficient (Wildman–Crippen LogP) is 1.75. The van der Waals surface area contributed by atoms with Crippen LogP contribution in [0.5, 0.6) is 0 Å². The minimum absolute atomic E-state index is 0.129. The first-order valence-electron chi connectivity index (χ1n) is 8.13. The Morgan fingerprint density at radius 3 is 2.52 bits per heavy atom. The number of hydrogen-bond donors (Lipinski definition) is 4. The molecule has 1 aromatic carbocycles. The van der Waals surface area contributed by atoms with Crippen LogP contribution in [0.15, 0.2) is 51.2 Å². The maximum Gasteiger partial charge on any atom is 0.261 e. The molecule has 132 valence electrons. The van der Waals surface area contributed by atoms with Gasteiger partial charge in [0, 0.05) is 12.2 Å². The molecular weight excluding hydrogens is 338 g/mol. The van der Waals surface area contributed by atoms with Gasteiger partial charge in [-0.3, -0.25) is 4.79 Å². The molecular formula is C17H21N5O2S. The third-order valence-corrected chi connectivity index (χ3v) is 4.99.